The van der Waals surface area contributed by atoms with Crippen molar-refractivity contribution in [3.05, 3.63) is 24.3 Å². The third-order valence-electron chi connectivity index (χ3n) is 3.29. The SMILES string of the molecule is CCC(=O)Nc1cccc(N2CC(C(N)=O)CC2=O)c1. The Labute approximate surface area is 116 Å². The fourth-order valence-electron chi connectivity index (χ4n) is 2.15. The normalized spacial score (nSPS) is 18.1. The second-order valence-corrected chi connectivity index (χ2v) is 4.76. The van der Waals surface area contributed by atoms with Crippen molar-refractivity contribution in [3.63, 3.8) is 0 Å². The fourth-order valence-corrected chi connectivity index (χ4v) is 2.15. The van der Waals surface area contributed by atoms with Gasteiger partial charge in [0.1, 0.15) is 0 Å². The number of carbonyl (C=O) groups excluding carboxylic acids is 3. The first-order chi connectivity index (χ1) is 9.51. The van der Waals surface area contributed by atoms with Gasteiger partial charge in [-0.25, -0.2) is 0 Å². The Balaban J connectivity index is 2.17. The van der Waals surface area contributed by atoms with Crippen LogP contribution in [0, 0.1) is 5.92 Å². The number of rotatable bonds is 4. The maximum absolute atomic E-state index is 11.9. The summed E-state index contributed by atoms with van der Waals surface area (Å²) in [7, 11) is 0. The van der Waals surface area contributed by atoms with E-state index in [0.717, 1.165) is 0 Å². The average molecular weight is 275 g/mol. The molecule has 1 saturated heterocycles. The molecular formula is C14H17N3O3. The Morgan fingerprint density at radius 1 is 1.45 bits per heavy atom. The average Bonchev–Trinajstić information content (AvgIpc) is 2.81. The molecule has 1 heterocycles. The molecule has 106 valence electrons. The molecule has 1 aromatic carbocycles. The monoisotopic (exact) mass is 275 g/mol. The summed E-state index contributed by atoms with van der Waals surface area (Å²) >= 11 is 0. The van der Waals surface area contributed by atoms with Crippen molar-refractivity contribution in [1.29, 1.82) is 0 Å². The molecule has 1 fully saturated rings. The molecule has 1 aliphatic heterocycles. The molecule has 6 nitrogen and oxygen atoms in total. The van der Waals surface area contributed by atoms with Crippen LogP contribution in [0.2, 0.25) is 0 Å². The Kier molecular flexibility index (Phi) is 4.02. The number of hydrogen-bond donors (Lipinski definition) is 2. The lowest BCUT2D eigenvalue weighted by molar-refractivity contribution is -0.123. The molecule has 0 spiro atoms. The van der Waals surface area contributed by atoms with Gasteiger partial charge in [-0.3, -0.25) is 14.4 Å². The molecule has 1 aliphatic rings. The third kappa shape index (κ3) is 2.96. The highest BCUT2D eigenvalue weighted by atomic mass is 16.2. The van der Waals surface area contributed by atoms with E-state index in [9.17, 15) is 14.4 Å². The number of nitrogens with two attached hydrogens (primary N) is 1. The smallest absolute Gasteiger partial charge is 0.227 e. The highest BCUT2D eigenvalue weighted by molar-refractivity contribution is 6.00. The zero-order chi connectivity index (χ0) is 14.7. The van der Waals surface area contributed by atoms with Crippen molar-refractivity contribution in [3.8, 4) is 0 Å². The van der Waals surface area contributed by atoms with E-state index in [0.29, 0.717) is 24.3 Å². The molecule has 0 bridgehead atoms. The van der Waals surface area contributed by atoms with Gasteiger partial charge in [0.05, 0.1) is 5.92 Å². The van der Waals surface area contributed by atoms with Crippen LogP contribution in [0.3, 0.4) is 0 Å². The predicted octanol–water partition coefficient (Wildman–Crippen LogP) is 0.873. The molecule has 0 aliphatic carbocycles. The van der Waals surface area contributed by atoms with E-state index in [4.69, 9.17) is 5.73 Å². The molecule has 2 rings (SSSR count). The van der Waals surface area contributed by atoms with Crippen LogP contribution in [0.5, 0.6) is 0 Å². The van der Waals surface area contributed by atoms with Gasteiger partial charge < -0.3 is 16.0 Å². The molecule has 0 saturated carbocycles. The van der Waals surface area contributed by atoms with Crippen molar-refractivity contribution in [2.45, 2.75) is 19.8 Å². The summed E-state index contributed by atoms with van der Waals surface area (Å²) in [5.74, 6) is -1.13. The first-order valence-electron chi connectivity index (χ1n) is 6.51. The van der Waals surface area contributed by atoms with E-state index in [1.54, 1.807) is 31.2 Å². The van der Waals surface area contributed by atoms with Gasteiger partial charge >= 0.3 is 0 Å². The van der Waals surface area contributed by atoms with Crippen molar-refractivity contribution in [2.75, 3.05) is 16.8 Å². The summed E-state index contributed by atoms with van der Waals surface area (Å²) in [5.41, 5.74) is 6.53. The van der Waals surface area contributed by atoms with Crippen molar-refractivity contribution in [1.82, 2.24) is 0 Å². The maximum atomic E-state index is 11.9. The van der Waals surface area contributed by atoms with Crippen LogP contribution in [0.4, 0.5) is 11.4 Å². The zero-order valence-electron chi connectivity index (χ0n) is 11.3. The number of carbonyl (C=O) groups is 3. The maximum Gasteiger partial charge on any atom is 0.227 e. The Bertz CT molecular complexity index is 556. The number of nitrogens with one attached hydrogen (secondary N) is 1. The quantitative estimate of drug-likeness (QED) is 0.854. The van der Waals surface area contributed by atoms with Crippen LogP contribution in [-0.2, 0) is 14.4 Å². The Morgan fingerprint density at radius 3 is 2.80 bits per heavy atom. The molecule has 6 heteroatoms. The van der Waals surface area contributed by atoms with Gasteiger partial charge in [-0.05, 0) is 18.2 Å². The first kappa shape index (κ1) is 14.0. The first-order valence-corrected chi connectivity index (χ1v) is 6.51. The highest BCUT2D eigenvalue weighted by Crippen LogP contribution is 2.27. The number of primary amides is 1. The number of benzene rings is 1. The van der Waals surface area contributed by atoms with Gasteiger partial charge in [-0.1, -0.05) is 13.0 Å². The largest absolute Gasteiger partial charge is 0.369 e. The van der Waals surface area contributed by atoms with E-state index in [1.165, 1.54) is 4.90 Å². The fraction of sp³-hybridized carbons (Fsp3) is 0.357. The number of anilines is 2. The van der Waals surface area contributed by atoms with Crippen molar-refractivity contribution in [2.24, 2.45) is 11.7 Å². The van der Waals surface area contributed by atoms with Crippen LogP contribution in [-0.4, -0.2) is 24.3 Å². The van der Waals surface area contributed by atoms with Gasteiger partial charge in [0.2, 0.25) is 17.7 Å². The van der Waals surface area contributed by atoms with Crippen LogP contribution >= 0.6 is 0 Å². The van der Waals surface area contributed by atoms with E-state index in [2.05, 4.69) is 5.32 Å². The van der Waals surface area contributed by atoms with Crippen LogP contribution in [0.15, 0.2) is 24.3 Å². The van der Waals surface area contributed by atoms with Gasteiger partial charge in [0, 0.05) is 30.8 Å². The summed E-state index contributed by atoms with van der Waals surface area (Å²) in [6.07, 6.45) is 0.525. The molecule has 1 aromatic rings. The minimum Gasteiger partial charge on any atom is -0.369 e. The summed E-state index contributed by atoms with van der Waals surface area (Å²) < 4.78 is 0. The molecule has 1 unspecified atom stereocenters. The summed E-state index contributed by atoms with van der Waals surface area (Å²) in [6, 6.07) is 6.99. The summed E-state index contributed by atoms with van der Waals surface area (Å²) in [6.45, 7) is 2.06. The zero-order valence-corrected chi connectivity index (χ0v) is 11.3. The highest BCUT2D eigenvalue weighted by Gasteiger charge is 2.33. The molecule has 20 heavy (non-hydrogen) atoms. The summed E-state index contributed by atoms with van der Waals surface area (Å²) in [4.78, 5) is 36.0. The standard InChI is InChI=1S/C14H17N3O3/c1-2-12(18)16-10-4-3-5-11(7-10)17-8-9(14(15)20)6-13(17)19/h3-5,7,9H,2,6,8H2,1H3,(H2,15,20)(H,16,18). The van der Waals surface area contributed by atoms with E-state index < -0.39 is 11.8 Å². The van der Waals surface area contributed by atoms with Crippen LogP contribution < -0.4 is 16.0 Å². The van der Waals surface area contributed by atoms with E-state index in [-0.39, 0.29) is 18.2 Å². The molecule has 0 radical (unpaired) electrons. The number of hydrogen-bond acceptors (Lipinski definition) is 3. The topological polar surface area (TPSA) is 92.5 Å². The lowest BCUT2D eigenvalue weighted by Crippen LogP contribution is -2.28. The van der Waals surface area contributed by atoms with Crippen LogP contribution in [0.25, 0.3) is 0 Å². The predicted molar refractivity (Wildman–Crippen MR) is 75.0 cm³/mol. The second-order valence-electron chi connectivity index (χ2n) is 4.76. The van der Waals surface area contributed by atoms with Crippen molar-refractivity contribution < 1.29 is 14.4 Å². The van der Waals surface area contributed by atoms with Crippen LogP contribution in [0.1, 0.15) is 19.8 Å². The molecule has 0 aromatic heterocycles. The lowest BCUT2D eigenvalue weighted by atomic mass is 10.1. The molecule has 3 amide bonds. The minimum atomic E-state index is -0.462. The van der Waals surface area contributed by atoms with Gasteiger partial charge in [0.25, 0.3) is 0 Å². The molecule has 3 N–H and O–H groups in total. The van der Waals surface area contributed by atoms with E-state index in [1.807, 2.05) is 0 Å². The number of amides is 3. The number of nitrogens with zero attached hydrogens (tertiary/aromatic N) is 1. The second kappa shape index (κ2) is 5.73. The van der Waals surface area contributed by atoms with Gasteiger partial charge in [0.15, 0.2) is 0 Å². The van der Waals surface area contributed by atoms with E-state index >= 15 is 0 Å². The summed E-state index contributed by atoms with van der Waals surface area (Å²) in [5, 5.41) is 2.74. The Hall–Kier alpha value is -2.37. The minimum absolute atomic E-state index is 0.0927. The lowest BCUT2D eigenvalue weighted by Gasteiger charge is -2.17. The third-order valence-corrected chi connectivity index (χ3v) is 3.29. The Morgan fingerprint density at radius 2 is 2.20 bits per heavy atom. The van der Waals surface area contributed by atoms with Crippen molar-refractivity contribution >= 4 is 29.1 Å². The van der Waals surface area contributed by atoms with Gasteiger partial charge in [-0.15, -0.1) is 0 Å². The molecular weight excluding hydrogens is 258 g/mol. The molecule has 1 atom stereocenters. The van der Waals surface area contributed by atoms with Gasteiger partial charge in [-0.2, -0.15) is 0 Å².